The van der Waals surface area contributed by atoms with E-state index in [-0.39, 0.29) is 10.6 Å². The Balaban J connectivity index is 2.35. The van der Waals surface area contributed by atoms with Gasteiger partial charge in [-0.15, -0.1) is 0 Å². The average Bonchev–Trinajstić information content (AvgIpc) is 2.37. The summed E-state index contributed by atoms with van der Waals surface area (Å²) >= 11 is 3.34. The Labute approximate surface area is 126 Å². The van der Waals surface area contributed by atoms with Crippen LogP contribution in [0.2, 0.25) is 0 Å². The zero-order chi connectivity index (χ0) is 14.9. The zero-order valence-corrected chi connectivity index (χ0v) is 13.4. The van der Waals surface area contributed by atoms with Crippen molar-refractivity contribution in [2.75, 3.05) is 4.72 Å². The quantitative estimate of drug-likeness (QED) is 0.827. The van der Waals surface area contributed by atoms with E-state index in [1.54, 1.807) is 25.1 Å². The molecule has 2 N–H and O–H groups in total. The standard InChI is InChI=1S/C14H14BrNO3S/c1-9-8-12(4-5-13(9)15)20(18,19)16-11-3-6-14(17)10(2)7-11/h3-8,16-17H,1-2H3. The molecule has 2 rings (SSSR count). The van der Waals surface area contributed by atoms with Crippen LogP contribution < -0.4 is 4.72 Å². The summed E-state index contributed by atoms with van der Waals surface area (Å²) < 4.78 is 27.9. The molecule has 0 fully saturated rings. The Bertz CT molecular complexity index is 757. The monoisotopic (exact) mass is 355 g/mol. The van der Waals surface area contributed by atoms with Crippen molar-refractivity contribution in [2.24, 2.45) is 0 Å². The Hall–Kier alpha value is -1.53. The van der Waals surface area contributed by atoms with Gasteiger partial charge in [0.25, 0.3) is 10.0 Å². The number of benzene rings is 2. The lowest BCUT2D eigenvalue weighted by atomic mass is 10.2. The topological polar surface area (TPSA) is 66.4 Å². The van der Waals surface area contributed by atoms with Crippen LogP contribution in [0, 0.1) is 13.8 Å². The van der Waals surface area contributed by atoms with E-state index >= 15 is 0 Å². The Morgan fingerprint density at radius 3 is 2.35 bits per heavy atom. The second kappa shape index (κ2) is 5.46. The fourth-order valence-electron chi connectivity index (χ4n) is 1.72. The molecule has 0 radical (unpaired) electrons. The molecule has 0 saturated heterocycles. The van der Waals surface area contributed by atoms with E-state index in [1.165, 1.54) is 18.2 Å². The van der Waals surface area contributed by atoms with E-state index in [9.17, 15) is 13.5 Å². The SMILES string of the molecule is Cc1cc(NS(=O)(=O)c2ccc(Br)c(C)c2)ccc1O. The largest absolute Gasteiger partial charge is 0.508 e. The molecule has 2 aromatic rings. The maximum Gasteiger partial charge on any atom is 0.261 e. The lowest BCUT2D eigenvalue weighted by Crippen LogP contribution is -2.13. The Morgan fingerprint density at radius 2 is 1.75 bits per heavy atom. The first-order chi connectivity index (χ1) is 9.29. The summed E-state index contributed by atoms with van der Waals surface area (Å²) in [5.74, 6) is 0.132. The minimum atomic E-state index is -3.63. The van der Waals surface area contributed by atoms with Gasteiger partial charge in [0.15, 0.2) is 0 Å². The van der Waals surface area contributed by atoms with Crippen molar-refractivity contribution in [1.82, 2.24) is 0 Å². The van der Waals surface area contributed by atoms with E-state index < -0.39 is 10.0 Å². The fraction of sp³-hybridized carbons (Fsp3) is 0.143. The molecule has 0 unspecified atom stereocenters. The molecule has 4 nitrogen and oxygen atoms in total. The number of phenols is 1. The molecular weight excluding hydrogens is 342 g/mol. The summed E-state index contributed by atoms with van der Waals surface area (Å²) in [6.07, 6.45) is 0. The second-order valence-corrected chi connectivity index (χ2v) is 7.05. The first-order valence-electron chi connectivity index (χ1n) is 5.88. The van der Waals surface area contributed by atoms with E-state index in [0.29, 0.717) is 11.3 Å². The molecule has 0 bridgehead atoms. The number of phenolic OH excluding ortho intramolecular Hbond substituents is 1. The third-order valence-corrected chi connectivity index (χ3v) is 5.16. The normalized spacial score (nSPS) is 11.3. The molecule has 0 aliphatic rings. The summed E-state index contributed by atoms with van der Waals surface area (Å²) in [6.45, 7) is 3.53. The van der Waals surface area contributed by atoms with Crippen LogP contribution in [0.1, 0.15) is 11.1 Å². The van der Waals surface area contributed by atoms with Crippen molar-refractivity contribution < 1.29 is 13.5 Å². The molecule has 0 spiro atoms. The molecule has 0 aliphatic carbocycles. The van der Waals surface area contributed by atoms with Crippen LogP contribution in [0.15, 0.2) is 45.8 Å². The minimum Gasteiger partial charge on any atom is -0.508 e. The van der Waals surface area contributed by atoms with Crippen LogP contribution in [0.3, 0.4) is 0 Å². The first-order valence-corrected chi connectivity index (χ1v) is 8.16. The number of sulfonamides is 1. The van der Waals surface area contributed by atoms with Crippen molar-refractivity contribution in [3.63, 3.8) is 0 Å². The lowest BCUT2D eigenvalue weighted by Gasteiger charge is -2.10. The number of aryl methyl sites for hydroxylation is 2. The second-order valence-electron chi connectivity index (χ2n) is 4.52. The smallest absolute Gasteiger partial charge is 0.261 e. The summed E-state index contributed by atoms with van der Waals surface area (Å²) in [6, 6.07) is 9.39. The molecule has 0 amide bonds. The predicted octanol–water partition coefficient (Wildman–Crippen LogP) is 3.57. The fourth-order valence-corrected chi connectivity index (χ4v) is 3.10. The van der Waals surface area contributed by atoms with E-state index in [4.69, 9.17) is 0 Å². The molecule has 0 aromatic heterocycles. The minimum absolute atomic E-state index is 0.132. The third kappa shape index (κ3) is 3.13. The van der Waals surface area contributed by atoms with Gasteiger partial charge in [-0.3, -0.25) is 4.72 Å². The van der Waals surface area contributed by atoms with E-state index in [2.05, 4.69) is 20.7 Å². The van der Waals surface area contributed by atoms with E-state index in [0.717, 1.165) is 10.0 Å². The Morgan fingerprint density at radius 1 is 1.05 bits per heavy atom. The van der Waals surface area contributed by atoms with Gasteiger partial charge in [0, 0.05) is 10.2 Å². The molecule has 0 saturated carbocycles. The lowest BCUT2D eigenvalue weighted by molar-refractivity contribution is 0.471. The average molecular weight is 356 g/mol. The number of hydrogen-bond acceptors (Lipinski definition) is 3. The molecule has 0 atom stereocenters. The highest BCUT2D eigenvalue weighted by Crippen LogP contribution is 2.24. The number of hydrogen-bond donors (Lipinski definition) is 2. The summed E-state index contributed by atoms with van der Waals surface area (Å²) in [5.41, 5.74) is 1.87. The van der Waals surface area contributed by atoms with Gasteiger partial charge in [0.05, 0.1) is 4.90 Å². The van der Waals surface area contributed by atoms with Gasteiger partial charge in [-0.05, 0) is 61.4 Å². The molecule has 0 heterocycles. The maximum absolute atomic E-state index is 12.3. The van der Waals surface area contributed by atoms with Crippen LogP contribution >= 0.6 is 15.9 Å². The van der Waals surface area contributed by atoms with Gasteiger partial charge in [-0.25, -0.2) is 8.42 Å². The van der Waals surface area contributed by atoms with Crippen molar-refractivity contribution in [3.8, 4) is 5.75 Å². The number of nitrogens with one attached hydrogen (secondary N) is 1. The summed E-state index contributed by atoms with van der Waals surface area (Å²) in [7, 11) is -3.63. The van der Waals surface area contributed by atoms with Gasteiger partial charge in [0.2, 0.25) is 0 Å². The molecule has 106 valence electrons. The van der Waals surface area contributed by atoms with Crippen LogP contribution in [0.5, 0.6) is 5.75 Å². The van der Waals surface area contributed by atoms with Crippen molar-refractivity contribution >= 4 is 31.6 Å². The van der Waals surface area contributed by atoms with E-state index in [1.807, 2.05) is 6.92 Å². The van der Waals surface area contributed by atoms with Crippen LogP contribution in [0.25, 0.3) is 0 Å². The number of aromatic hydroxyl groups is 1. The zero-order valence-electron chi connectivity index (χ0n) is 11.0. The molecule has 20 heavy (non-hydrogen) atoms. The van der Waals surface area contributed by atoms with Gasteiger partial charge in [0.1, 0.15) is 5.75 Å². The highest BCUT2D eigenvalue weighted by atomic mass is 79.9. The Kier molecular flexibility index (Phi) is 4.06. The molecular formula is C14H14BrNO3S. The highest BCUT2D eigenvalue weighted by Gasteiger charge is 2.15. The van der Waals surface area contributed by atoms with Crippen molar-refractivity contribution in [1.29, 1.82) is 0 Å². The van der Waals surface area contributed by atoms with Crippen LogP contribution in [0.4, 0.5) is 5.69 Å². The molecule has 2 aromatic carbocycles. The third-order valence-electron chi connectivity index (χ3n) is 2.89. The van der Waals surface area contributed by atoms with Crippen molar-refractivity contribution in [3.05, 3.63) is 52.0 Å². The van der Waals surface area contributed by atoms with Gasteiger partial charge >= 0.3 is 0 Å². The van der Waals surface area contributed by atoms with Crippen LogP contribution in [-0.2, 0) is 10.0 Å². The predicted molar refractivity (Wildman–Crippen MR) is 82.5 cm³/mol. The van der Waals surface area contributed by atoms with Gasteiger partial charge < -0.3 is 5.11 Å². The number of halogens is 1. The van der Waals surface area contributed by atoms with Crippen molar-refractivity contribution in [2.45, 2.75) is 18.7 Å². The summed E-state index contributed by atoms with van der Waals surface area (Å²) in [5, 5.41) is 9.44. The highest BCUT2D eigenvalue weighted by molar-refractivity contribution is 9.10. The van der Waals surface area contributed by atoms with Crippen LogP contribution in [-0.4, -0.2) is 13.5 Å². The van der Waals surface area contributed by atoms with Gasteiger partial charge in [-0.2, -0.15) is 0 Å². The number of rotatable bonds is 3. The first kappa shape index (κ1) is 14.9. The maximum atomic E-state index is 12.3. The van der Waals surface area contributed by atoms with Gasteiger partial charge in [-0.1, -0.05) is 15.9 Å². The summed E-state index contributed by atoms with van der Waals surface area (Å²) in [4.78, 5) is 0.198. The molecule has 6 heteroatoms. The molecule has 0 aliphatic heterocycles. The number of anilines is 1.